The third-order valence-corrected chi connectivity index (χ3v) is 4.41. The standard InChI is InChI=1S/C20H16BrN7O/c1-13-24-18(9-19(25-13)28-7-6-22-12-28)26-16-2-4-17(5-3-16)27-20(29)14-8-15(21)11-23-10-14/h2-12H,1H3,(H,27,29)(H,24,25,26). The van der Waals surface area contributed by atoms with Gasteiger partial charge in [-0.05, 0) is 53.2 Å². The van der Waals surface area contributed by atoms with Crippen molar-refractivity contribution < 1.29 is 4.79 Å². The summed E-state index contributed by atoms with van der Waals surface area (Å²) < 4.78 is 2.56. The molecule has 0 aliphatic rings. The quantitative estimate of drug-likeness (QED) is 0.475. The maximum atomic E-state index is 12.3. The van der Waals surface area contributed by atoms with Crippen molar-refractivity contribution in [1.82, 2.24) is 24.5 Å². The number of aryl methyl sites for hydroxylation is 1. The van der Waals surface area contributed by atoms with Crippen molar-refractivity contribution in [3.63, 3.8) is 0 Å². The molecular formula is C20H16BrN7O. The van der Waals surface area contributed by atoms with Gasteiger partial charge in [0.05, 0.1) is 5.56 Å². The predicted octanol–water partition coefficient (Wildman–Crippen LogP) is 4.12. The lowest BCUT2D eigenvalue weighted by atomic mass is 10.2. The van der Waals surface area contributed by atoms with Gasteiger partial charge in [0.1, 0.15) is 23.8 Å². The van der Waals surface area contributed by atoms with Crippen LogP contribution in [0.25, 0.3) is 5.82 Å². The Labute approximate surface area is 175 Å². The minimum absolute atomic E-state index is 0.226. The first-order chi connectivity index (χ1) is 14.1. The maximum Gasteiger partial charge on any atom is 0.257 e. The summed E-state index contributed by atoms with van der Waals surface area (Å²) in [5.74, 6) is 1.81. The molecule has 3 aromatic heterocycles. The van der Waals surface area contributed by atoms with Crippen LogP contribution in [0.4, 0.5) is 17.2 Å². The fourth-order valence-electron chi connectivity index (χ4n) is 2.67. The van der Waals surface area contributed by atoms with Crippen LogP contribution in [0.3, 0.4) is 0 Å². The van der Waals surface area contributed by atoms with Gasteiger partial charge in [-0.15, -0.1) is 0 Å². The highest BCUT2D eigenvalue weighted by atomic mass is 79.9. The third kappa shape index (κ3) is 4.64. The Bertz CT molecular complexity index is 1140. The SMILES string of the molecule is Cc1nc(Nc2ccc(NC(=O)c3cncc(Br)c3)cc2)cc(-n2ccnc2)n1. The molecule has 144 valence electrons. The Morgan fingerprint density at radius 1 is 1.03 bits per heavy atom. The minimum Gasteiger partial charge on any atom is -0.340 e. The molecule has 0 aliphatic heterocycles. The van der Waals surface area contributed by atoms with Gasteiger partial charge in [0.2, 0.25) is 0 Å². The van der Waals surface area contributed by atoms with Crippen LogP contribution in [0.1, 0.15) is 16.2 Å². The first-order valence-electron chi connectivity index (χ1n) is 8.70. The Morgan fingerprint density at radius 3 is 2.55 bits per heavy atom. The van der Waals surface area contributed by atoms with Crippen molar-refractivity contribution in [2.45, 2.75) is 6.92 Å². The van der Waals surface area contributed by atoms with E-state index in [9.17, 15) is 4.79 Å². The van der Waals surface area contributed by atoms with E-state index in [1.165, 1.54) is 6.20 Å². The number of carbonyl (C=O) groups excluding carboxylic acids is 1. The summed E-state index contributed by atoms with van der Waals surface area (Å²) in [6.45, 7) is 1.83. The summed E-state index contributed by atoms with van der Waals surface area (Å²) in [6, 6.07) is 10.9. The minimum atomic E-state index is -0.226. The molecular weight excluding hydrogens is 434 g/mol. The number of nitrogens with one attached hydrogen (secondary N) is 2. The van der Waals surface area contributed by atoms with Crippen LogP contribution in [-0.4, -0.2) is 30.4 Å². The molecule has 1 aromatic carbocycles. The average molecular weight is 450 g/mol. The second-order valence-electron chi connectivity index (χ2n) is 6.18. The second kappa shape index (κ2) is 8.19. The number of imidazole rings is 1. The number of pyridine rings is 1. The number of carbonyl (C=O) groups is 1. The van der Waals surface area contributed by atoms with Crippen LogP contribution in [-0.2, 0) is 0 Å². The number of anilines is 3. The normalized spacial score (nSPS) is 10.6. The van der Waals surface area contributed by atoms with E-state index >= 15 is 0 Å². The molecule has 0 saturated carbocycles. The Kier molecular flexibility index (Phi) is 5.30. The van der Waals surface area contributed by atoms with E-state index in [4.69, 9.17) is 0 Å². The first kappa shape index (κ1) is 18.8. The average Bonchev–Trinajstić information content (AvgIpc) is 3.24. The van der Waals surface area contributed by atoms with Gasteiger partial charge < -0.3 is 10.6 Å². The van der Waals surface area contributed by atoms with Gasteiger partial charge in [-0.3, -0.25) is 14.3 Å². The van der Waals surface area contributed by atoms with Crippen molar-refractivity contribution in [3.05, 3.63) is 83.4 Å². The predicted molar refractivity (Wildman–Crippen MR) is 114 cm³/mol. The van der Waals surface area contributed by atoms with E-state index in [0.29, 0.717) is 22.9 Å². The lowest BCUT2D eigenvalue weighted by Crippen LogP contribution is -2.12. The van der Waals surface area contributed by atoms with E-state index in [2.05, 4.69) is 46.5 Å². The number of hydrogen-bond donors (Lipinski definition) is 2. The van der Waals surface area contributed by atoms with Crippen molar-refractivity contribution >= 4 is 39.0 Å². The van der Waals surface area contributed by atoms with Gasteiger partial charge >= 0.3 is 0 Å². The van der Waals surface area contributed by atoms with Crippen LogP contribution in [0.15, 0.2) is 72.0 Å². The first-order valence-corrected chi connectivity index (χ1v) is 9.49. The zero-order chi connectivity index (χ0) is 20.2. The largest absolute Gasteiger partial charge is 0.340 e. The van der Waals surface area contributed by atoms with Crippen LogP contribution in [0.2, 0.25) is 0 Å². The van der Waals surface area contributed by atoms with Crippen LogP contribution in [0.5, 0.6) is 0 Å². The van der Waals surface area contributed by atoms with Gasteiger partial charge in [0.15, 0.2) is 0 Å². The lowest BCUT2D eigenvalue weighted by Gasteiger charge is -2.10. The molecule has 4 aromatic rings. The van der Waals surface area contributed by atoms with Crippen LogP contribution in [0, 0.1) is 6.92 Å². The summed E-state index contributed by atoms with van der Waals surface area (Å²) in [7, 11) is 0. The number of nitrogens with zero attached hydrogens (tertiary/aromatic N) is 5. The molecule has 1 amide bonds. The highest BCUT2D eigenvalue weighted by Gasteiger charge is 2.08. The Hall–Kier alpha value is -3.59. The smallest absolute Gasteiger partial charge is 0.257 e. The monoisotopic (exact) mass is 449 g/mol. The third-order valence-electron chi connectivity index (χ3n) is 3.98. The molecule has 2 N–H and O–H groups in total. The maximum absolute atomic E-state index is 12.3. The van der Waals surface area contributed by atoms with E-state index in [-0.39, 0.29) is 5.91 Å². The van der Waals surface area contributed by atoms with Crippen molar-refractivity contribution in [2.75, 3.05) is 10.6 Å². The molecule has 0 radical (unpaired) electrons. The topological polar surface area (TPSA) is 97.6 Å². The van der Waals surface area contributed by atoms with E-state index in [1.807, 2.05) is 48.0 Å². The fraction of sp³-hybridized carbons (Fsp3) is 0.0500. The second-order valence-corrected chi connectivity index (χ2v) is 7.09. The number of aromatic nitrogens is 5. The van der Waals surface area contributed by atoms with E-state index in [1.54, 1.807) is 24.8 Å². The molecule has 0 spiro atoms. The number of rotatable bonds is 5. The summed E-state index contributed by atoms with van der Waals surface area (Å²) in [6.07, 6.45) is 8.35. The highest BCUT2D eigenvalue weighted by molar-refractivity contribution is 9.10. The number of benzene rings is 1. The van der Waals surface area contributed by atoms with Crippen LogP contribution >= 0.6 is 15.9 Å². The molecule has 0 bridgehead atoms. The van der Waals surface area contributed by atoms with Crippen molar-refractivity contribution in [2.24, 2.45) is 0 Å². The van der Waals surface area contributed by atoms with Crippen LogP contribution < -0.4 is 10.6 Å². The fourth-order valence-corrected chi connectivity index (χ4v) is 3.03. The van der Waals surface area contributed by atoms with Crippen molar-refractivity contribution in [3.8, 4) is 5.82 Å². The lowest BCUT2D eigenvalue weighted by molar-refractivity contribution is 0.102. The summed E-state index contributed by atoms with van der Waals surface area (Å²) in [4.78, 5) is 29.2. The summed E-state index contributed by atoms with van der Waals surface area (Å²) in [5, 5.41) is 6.10. The molecule has 0 saturated heterocycles. The highest BCUT2D eigenvalue weighted by Crippen LogP contribution is 2.20. The molecule has 4 rings (SSSR count). The van der Waals surface area contributed by atoms with Gasteiger partial charge in [0.25, 0.3) is 5.91 Å². The molecule has 29 heavy (non-hydrogen) atoms. The summed E-state index contributed by atoms with van der Waals surface area (Å²) >= 11 is 3.31. The van der Waals surface area contributed by atoms with Gasteiger partial charge in [-0.1, -0.05) is 0 Å². The van der Waals surface area contributed by atoms with Crippen molar-refractivity contribution in [1.29, 1.82) is 0 Å². The molecule has 0 unspecified atom stereocenters. The Morgan fingerprint density at radius 2 is 1.83 bits per heavy atom. The van der Waals surface area contributed by atoms with E-state index < -0.39 is 0 Å². The molecule has 9 heteroatoms. The van der Waals surface area contributed by atoms with Gasteiger partial charge in [0, 0.05) is 46.7 Å². The molecule has 8 nitrogen and oxygen atoms in total. The summed E-state index contributed by atoms with van der Waals surface area (Å²) in [5.41, 5.74) is 1.99. The molecule has 3 heterocycles. The van der Waals surface area contributed by atoms with Gasteiger partial charge in [-0.25, -0.2) is 15.0 Å². The Balaban J connectivity index is 1.47. The molecule has 0 atom stereocenters. The van der Waals surface area contributed by atoms with E-state index in [0.717, 1.165) is 16.0 Å². The number of amides is 1. The molecule has 0 fully saturated rings. The number of hydrogen-bond acceptors (Lipinski definition) is 6. The van der Waals surface area contributed by atoms with Gasteiger partial charge in [-0.2, -0.15) is 0 Å². The zero-order valence-corrected chi connectivity index (χ0v) is 17.0. The zero-order valence-electron chi connectivity index (χ0n) is 15.4. The molecule has 0 aliphatic carbocycles. The number of halogens is 1.